The van der Waals surface area contributed by atoms with Crippen molar-refractivity contribution in [3.05, 3.63) is 28.8 Å². The van der Waals surface area contributed by atoms with Crippen molar-refractivity contribution in [1.82, 2.24) is 0 Å². The molecule has 0 N–H and O–H groups in total. The summed E-state index contributed by atoms with van der Waals surface area (Å²) in [6.45, 7) is 4.92. The van der Waals surface area contributed by atoms with Crippen molar-refractivity contribution in [1.29, 1.82) is 0 Å². The highest BCUT2D eigenvalue weighted by molar-refractivity contribution is 5.90. The number of amides is 1. The van der Waals surface area contributed by atoms with Gasteiger partial charge in [-0.25, -0.2) is 9.59 Å². The highest BCUT2D eigenvalue weighted by Crippen LogP contribution is 2.37. The van der Waals surface area contributed by atoms with Crippen LogP contribution >= 0.6 is 0 Å². The van der Waals surface area contributed by atoms with E-state index < -0.39 is 18.0 Å². The number of hydrogen-bond donors (Lipinski definition) is 0. The van der Waals surface area contributed by atoms with Crippen LogP contribution in [0.1, 0.15) is 23.6 Å². The Balaban J connectivity index is 2.43. The summed E-state index contributed by atoms with van der Waals surface area (Å²) < 4.78 is 37.8. The van der Waals surface area contributed by atoms with Crippen molar-refractivity contribution < 1.29 is 27.8 Å². The predicted octanol–water partition coefficient (Wildman–Crippen LogP) is 2.91. The molecule has 1 saturated heterocycles. The Bertz CT molecular complexity index is 593. The Labute approximate surface area is 126 Å². The maximum Gasteiger partial charge on any atom is 0.414 e. The van der Waals surface area contributed by atoms with E-state index in [1.54, 1.807) is 0 Å². The SMILES string of the molecule is CCOC(=O)C(F)(F)c1c(C)cc(N2CCOC2=O)cc1C. The smallest absolute Gasteiger partial charge is 0.414 e. The van der Waals surface area contributed by atoms with E-state index in [2.05, 4.69) is 4.74 Å². The normalized spacial score (nSPS) is 15.0. The van der Waals surface area contributed by atoms with Crippen molar-refractivity contribution in [3.63, 3.8) is 0 Å². The number of esters is 1. The standard InChI is InChI=1S/C15H17F2NO4/c1-4-21-13(19)15(16,17)12-9(2)7-11(8-10(12)3)18-5-6-22-14(18)20/h7-8H,4-6H2,1-3H3. The molecular formula is C15H17F2NO4. The summed E-state index contributed by atoms with van der Waals surface area (Å²) in [5.41, 5.74) is 0.517. The molecule has 1 aromatic rings. The number of rotatable bonds is 4. The second kappa shape index (κ2) is 5.90. The van der Waals surface area contributed by atoms with Crippen LogP contribution in [-0.2, 0) is 20.2 Å². The number of halogens is 2. The Morgan fingerprint density at radius 3 is 2.41 bits per heavy atom. The van der Waals surface area contributed by atoms with E-state index in [1.807, 2.05) is 0 Å². The first kappa shape index (κ1) is 16.2. The lowest BCUT2D eigenvalue weighted by Gasteiger charge is -2.22. The molecule has 1 aromatic carbocycles. The molecule has 2 rings (SSSR count). The van der Waals surface area contributed by atoms with Crippen molar-refractivity contribution in [2.75, 3.05) is 24.7 Å². The number of cyclic esters (lactones) is 1. The maximum absolute atomic E-state index is 14.3. The van der Waals surface area contributed by atoms with E-state index in [-0.39, 0.29) is 29.9 Å². The molecule has 1 aliphatic heterocycles. The monoisotopic (exact) mass is 313 g/mol. The minimum absolute atomic E-state index is 0.121. The second-order valence-corrected chi connectivity index (χ2v) is 5.02. The number of aryl methyl sites for hydroxylation is 2. The summed E-state index contributed by atoms with van der Waals surface area (Å²) in [6, 6.07) is 2.89. The fourth-order valence-corrected chi connectivity index (χ4v) is 2.54. The van der Waals surface area contributed by atoms with Crippen LogP contribution in [0.4, 0.5) is 19.3 Å². The third-order valence-electron chi connectivity index (χ3n) is 3.44. The van der Waals surface area contributed by atoms with E-state index >= 15 is 0 Å². The zero-order valence-corrected chi connectivity index (χ0v) is 12.6. The Morgan fingerprint density at radius 1 is 1.36 bits per heavy atom. The molecule has 0 aromatic heterocycles. The average Bonchev–Trinajstić information content (AvgIpc) is 2.84. The lowest BCUT2D eigenvalue weighted by molar-refractivity contribution is -0.173. The van der Waals surface area contributed by atoms with Crippen LogP contribution in [-0.4, -0.2) is 31.8 Å². The third-order valence-corrected chi connectivity index (χ3v) is 3.44. The van der Waals surface area contributed by atoms with Crippen molar-refractivity contribution in [2.45, 2.75) is 26.7 Å². The molecule has 1 aliphatic rings. The van der Waals surface area contributed by atoms with Crippen LogP contribution in [0.5, 0.6) is 0 Å². The molecule has 7 heteroatoms. The van der Waals surface area contributed by atoms with Crippen molar-refractivity contribution in [3.8, 4) is 0 Å². The van der Waals surface area contributed by atoms with Gasteiger partial charge in [-0.2, -0.15) is 8.78 Å². The quantitative estimate of drug-likeness (QED) is 0.802. The first-order chi connectivity index (χ1) is 10.3. The van der Waals surface area contributed by atoms with Gasteiger partial charge < -0.3 is 9.47 Å². The van der Waals surface area contributed by atoms with Crippen LogP contribution in [0.15, 0.2) is 12.1 Å². The molecule has 1 fully saturated rings. The molecule has 120 valence electrons. The van der Waals surface area contributed by atoms with Crippen LogP contribution in [0.25, 0.3) is 0 Å². The van der Waals surface area contributed by atoms with E-state index in [1.165, 1.54) is 37.8 Å². The van der Waals surface area contributed by atoms with Gasteiger partial charge >= 0.3 is 18.0 Å². The molecule has 1 heterocycles. The Kier molecular flexibility index (Phi) is 4.35. The fourth-order valence-electron chi connectivity index (χ4n) is 2.54. The minimum atomic E-state index is -3.73. The third kappa shape index (κ3) is 2.75. The van der Waals surface area contributed by atoms with Gasteiger partial charge in [0.05, 0.1) is 13.2 Å². The zero-order valence-electron chi connectivity index (χ0n) is 12.6. The molecule has 0 aliphatic carbocycles. The van der Waals surface area contributed by atoms with Gasteiger partial charge in [-0.3, -0.25) is 4.90 Å². The highest BCUT2D eigenvalue weighted by atomic mass is 19.3. The van der Waals surface area contributed by atoms with Crippen LogP contribution < -0.4 is 4.90 Å². The number of hydrogen-bond acceptors (Lipinski definition) is 4. The number of anilines is 1. The maximum atomic E-state index is 14.3. The molecule has 0 spiro atoms. The molecule has 1 amide bonds. The van der Waals surface area contributed by atoms with Crippen LogP contribution in [0, 0.1) is 13.8 Å². The summed E-state index contributed by atoms with van der Waals surface area (Å²) in [7, 11) is 0. The number of benzene rings is 1. The average molecular weight is 313 g/mol. The predicted molar refractivity (Wildman–Crippen MR) is 75.1 cm³/mol. The summed E-state index contributed by atoms with van der Waals surface area (Å²) in [5.74, 6) is -5.30. The van der Waals surface area contributed by atoms with E-state index in [9.17, 15) is 18.4 Å². The molecule has 0 radical (unpaired) electrons. The highest BCUT2D eigenvalue weighted by Gasteiger charge is 2.45. The number of carbonyl (C=O) groups is 2. The molecule has 22 heavy (non-hydrogen) atoms. The molecule has 5 nitrogen and oxygen atoms in total. The zero-order chi connectivity index (χ0) is 16.5. The lowest BCUT2D eigenvalue weighted by atomic mass is 9.96. The van der Waals surface area contributed by atoms with Crippen molar-refractivity contribution in [2.24, 2.45) is 0 Å². The molecule has 0 atom stereocenters. The molecule has 0 bridgehead atoms. The van der Waals surface area contributed by atoms with Gasteiger partial charge in [-0.05, 0) is 44.0 Å². The second-order valence-electron chi connectivity index (χ2n) is 5.02. The largest absolute Gasteiger partial charge is 0.461 e. The summed E-state index contributed by atoms with van der Waals surface area (Å²) >= 11 is 0. The van der Waals surface area contributed by atoms with Gasteiger partial charge in [-0.15, -0.1) is 0 Å². The van der Waals surface area contributed by atoms with Gasteiger partial charge in [0.15, 0.2) is 0 Å². The summed E-state index contributed by atoms with van der Waals surface area (Å²) in [5, 5.41) is 0. The number of nitrogens with zero attached hydrogens (tertiary/aromatic N) is 1. The summed E-state index contributed by atoms with van der Waals surface area (Å²) in [6.07, 6.45) is -0.510. The fraction of sp³-hybridized carbons (Fsp3) is 0.467. The van der Waals surface area contributed by atoms with Gasteiger partial charge in [0.2, 0.25) is 0 Å². The first-order valence-corrected chi connectivity index (χ1v) is 6.90. The van der Waals surface area contributed by atoms with Gasteiger partial charge in [0.1, 0.15) is 6.61 Å². The first-order valence-electron chi connectivity index (χ1n) is 6.90. The van der Waals surface area contributed by atoms with Crippen LogP contribution in [0.3, 0.4) is 0 Å². The minimum Gasteiger partial charge on any atom is -0.461 e. The lowest BCUT2D eigenvalue weighted by Crippen LogP contribution is -2.30. The van der Waals surface area contributed by atoms with Gasteiger partial charge in [0.25, 0.3) is 0 Å². The number of alkyl halides is 2. The van der Waals surface area contributed by atoms with Gasteiger partial charge in [-0.1, -0.05) is 0 Å². The van der Waals surface area contributed by atoms with Crippen molar-refractivity contribution >= 4 is 17.7 Å². The molecular weight excluding hydrogens is 296 g/mol. The Morgan fingerprint density at radius 2 is 1.95 bits per heavy atom. The molecule has 0 unspecified atom stereocenters. The number of carbonyl (C=O) groups excluding carboxylic acids is 2. The topological polar surface area (TPSA) is 55.8 Å². The molecule has 0 saturated carbocycles. The summed E-state index contributed by atoms with van der Waals surface area (Å²) in [4.78, 5) is 24.4. The van der Waals surface area contributed by atoms with E-state index in [0.29, 0.717) is 12.2 Å². The van der Waals surface area contributed by atoms with Crippen LogP contribution in [0.2, 0.25) is 0 Å². The van der Waals surface area contributed by atoms with Gasteiger partial charge in [0, 0.05) is 11.3 Å². The Hall–Kier alpha value is -2.18. The number of ether oxygens (including phenoxy) is 2. The van der Waals surface area contributed by atoms with E-state index in [4.69, 9.17) is 4.74 Å². The van der Waals surface area contributed by atoms with E-state index in [0.717, 1.165) is 0 Å².